The molecule has 4 nitrogen and oxygen atoms in total. The molecule has 0 aliphatic carbocycles. The van der Waals surface area contributed by atoms with E-state index in [1.807, 2.05) is 13.8 Å². The maximum atomic E-state index is 8.74. The smallest absolute Gasteiger partial charge is 0.215 e. The van der Waals surface area contributed by atoms with Gasteiger partial charge in [0.05, 0.1) is 6.04 Å². The van der Waals surface area contributed by atoms with Crippen molar-refractivity contribution in [3.63, 3.8) is 0 Å². The van der Waals surface area contributed by atoms with E-state index in [2.05, 4.69) is 4.99 Å². The summed E-state index contributed by atoms with van der Waals surface area (Å²) in [4.78, 5) is 3.97. The maximum absolute atomic E-state index is 8.74. The summed E-state index contributed by atoms with van der Waals surface area (Å²) >= 11 is 0. The molecule has 1 atom stereocenters. The van der Waals surface area contributed by atoms with Crippen LogP contribution in [0.5, 0.6) is 0 Å². The molecule has 0 amide bonds. The van der Waals surface area contributed by atoms with Crippen LogP contribution < -0.4 is 5.73 Å². The molecule has 0 unspecified atom stereocenters. The minimum atomic E-state index is 0.161. The molecule has 0 bridgehead atoms. The van der Waals surface area contributed by atoms with Crippen LogP contribution in [-0.2, 0) is 0 Å². The van der Waals surface area contributed by atoms with Crippen molar-refractivity contribution in [3.8, 4) is 0 Å². The number of rotatable bonds is 2. The Morgan fingerprint density at radius 3 is 2.60 bits per heavy atom. The summed E-state index contributed by atoms with van der Waals surface area (Å²) in [7, 11) is 1.45. The molecule has 0 aromatic rings. The molecular formula is C6H15N3O. The van der Waals surface area contributed by atoms with Crippen LogP contribution in [0.4, 0.5) is 0 Å². The van der Waals surface area contributed by atoms with Crippen LogP contribution in [0.1, 0.15) is 20.3 Å². The van der Waals surface area contributed by atoms with E-state index < -0.39 is 0 Å². The summed E-state index contributed by atoms with van der Waals surface area (Å²) in [5.41, 5.74) is 5.32. The monoisotopic (exact) mass is 145 g/mol. The van der Waals surface area contributed by atoms with Crippen LogP contribution in [0.15, 0.2) is 4.99 Å². The summed E-state index contributed by atoms with van der Waals surface area (Å²) in [6, 6.07) is 0.176. The molecular weight excluding hydrogens is 130 g/mol. The number of nitrogens with zero attached hydrogens (tertiary/aromatic N) is 2. The molecule has 0 aromatic carbocycles. The first kappa shape index (κ1) is 9.23. The number of hydrogen-bond acceptors (Lipinski definition) is 2. The first-order chi connectivity index (χ1) is 4.57. The number of nitrogens with two attached hydrogens (primary N) is 1. The van der Waals surface area contributed by atoms with Gasteiger partial charge < -0.3 is 5.73 Å². The van der Waals surface area contributed by atoms with Gasteiger partial charge in [-0.15, -0.1) is 0 Å². The third-order valence-corrected chi connectivity index (χ3v) is 1.28. The fourth-order valence-electron chi connectivity index (χ4n) is 0.401. The first-order valence-electron chi connectivity index (χ1n) is 3.33. The molecule has 0 saturated heterocycles. The summed E-state index contributed by atoms with van der Waals surface area (Å²) in [6.07, 6.45) is 0.925. The summed E-state index contributed by atoms with van der Waals surface area (Å²) in [5.74, 6) is 0.161. The molecule has 4 heteroatoms. The summed E-state index contributed by atoms with van der Waals surface area (Å²) < 4.78 is 0. The zero-order valence-electron chi connectivity index (χ0n) is 6.70. The fourth-order valence-corrected chi connectivity index (χ4v) is 0.401. The van der Waals surface area contributed by atoms with Crippen molar-refractivity contribution in [2.75, 3.05) is 7.05 Å². The van der Waals surface area contributed by atoms with Gasteiger partial charge in [0.1, 0.15) is 0 Å². The Bertz CT molecular complexity index is 122. The van der Waals surface area contributed by atoms with Crippen molar-refractivity contribution >= 4 is 5.96 Å². The standard InChI is InChI=1S/C6H15N3O/c1-4-5(2)8-6(7)9(3)10/h5,10H,4H2,1-3H3,(H2,7,8)/t5-/m0/s1. The van der Waals surface area contributed by atoms with E-state index in [1.165, 1.54) is 7.05 Å². The SMILES string of the molecule is CC[C@H](C)/N=C(\N)N(C)O. The Labute approximate surface area is 61.3 Å². The number of aliphatic imine (C=N–C) groups is 1. The van der Waals surface area contributed by atoms with E-state index in [4.69, 9.17) is 10.9 Å². The van der Waals surface area contributed by atoms with Crippen LogP contribution in [0.3, 0.4) is 0 Å². The largest absolute Gasteiger partial charge is 0.368 e. The molecule has 0 heterocycles. The van der Waals surface area contributed by atoms with Gasteiger partial charge in [-0.05, 0) is 13.3 Å². The van der Waals surface area contributed by atoms with Gasteiger partial charge in [0.25, 0.3) is 0 Å². The van der Waals surface area contributed by atoms with Crippen LogP contribution >= 0.6 is 0 Å². The molecule has 60 valence electrons. The van der Waals surface area contributed by atoms with Crippen molar-refractivity contribution in [1.82, 2.24) is 5.06 Å². The third-order valence-electron chi connectivity index (χ3n) is 1.28. The minimum absolute atomic E-state index is 0.161. The van der Waals surface area contributed by atoms with Gasteiger partial charge in [-0.3, -0.25) is 5.21 Å². The Morgan fingerprint density at radius 2 is 2.30 bits per heavy atom. The predicted octanol–water partition coefficient (Wildman–Crippen LogP) is 0.421. The fraction of sp³-hybridized carbons (Fsp3) is 0.833. The van der Waals surface area contributed by atoms with Gasteiger partial charge in [-0.1, -0.05) is 6.92 Å². The van der Waals surface area contributed by atoms with Gasteiger partial charge in [0.15, 0.2) is 0 Å². The Balaban J connectivity index is 3.89. The van der Waals surface area contributed by atoms with Gasteiger partial charge in [0.2, 0.25) is 5.96 Å². The highest BCUT2D eigenvalue weighted by Gasteiger charge is 1.98. The Hall–Kier alpha value is -0.770. The third kappa shape index (κ3) is 3.29. The molecule has 0 rings (SSSR count). The van der Waals surface area contributed by atoms with Crippen LogP contribution in [0.25, 0.3) is 0 Å². The Kier molecular flexibility index (Phi) is 3.79. The lowest BCUT2D eigenvalue weighted by molar-refractivity contribution is 0.0114. The van der Waals surface area contributed by atoms with Crippen molar-refractivity contribution in [1.29, 1.82) is 0 Å². The molecule has 0 radical (unpaired) electrons. The van der Waals surface area contributed by atoms with Gasteiger partial charge in [0, 0.05) is 7.05 Å². The van der Waals surface area contributed by atoms with E-state index >= 15 is 0 Å². The molecule has 0 aliphatic rings. The quantitative estimate of drug-likeness (QED) is 0.336. The van der Waals surface area contributed by atoms with Gasteiger partial charge >= 0.3 is 0 Å². The van der Waals surface area contributed by atoms with Crippen LogP contribution in [0, 0.1) is 0 Å². The highest BCUT2D eigenvalue weighted by atomic mass is 16.5. The molecule has 3 N–H and O–H groups in total. The zero-order chi connectivity index (χ0) is 8.15. The maximum Gasteiger partial charge on any atom is 0.215 e. The van der Waals surface area contributed by atoms with Crippen molar-refractivity contribution < 1.29 is 5.21 Å². The number of hydrogen-bond donors (Lipinski definition) is 2. The van der Waals surface area contributed by atoms with E-state index in [0.717, 1.165) is 11.5 Å². The van der Waals surface area contributed by atoms with Crippen molar-refractivity contribution in [3.05, 3.63) is 0 Å². The highest BCUT2D eigenvalue weighted by molar-refractivity contribution is 5.76. The molecule has 0 aliphatic heterocycles. The van der Waals surface area contributed by atoms with Crippen molar-refractivity contribution in [2.24, 2.45) is 10.7 Å². The molecule has 0 spiro atoms. The zero-order valence-corrected chi connectivity index (χ0v) is 6.70. The highest BCUT2D eigenvalue weighted by Crippen LogP contribution is 1.94. The molecule has 10 heavy (non-hydrogen) atoms. The lowest BCUT2D eigenvalue weighted by atomic mass is 10.3. The Morgan fingerprint density at radius 1 is 1.80 bits per heavy atom. The molecule has 0 saturated carbocycles. The summed E-state index contributed by atoms with van der Waals surface area (Å²) in [5, 5.41) is 9.55. The van der Waals surface area contributed by atoms with Crippen LogP contribution in [0.2, 0.25) is 0 Å². The topological polar surface area (TPSA) is 61.8 Å². The summed E-state index contributed by atoms with van der Waals surface area (Å²) in [6.45, 7) is 3.95. The second-order valence-electron chi connectivity index (χ2n) is 2.27. The second kappa shape index (κ2) is 4.11. The van der Waals surface area contributed by atoms with Gasteiger partial charge in [-0.2, -0.15) is 0 Å². The molecule has 0 aromatic heterocycles. The van der Waals surface area contributed by atoms with E-state index in [1.54, 1.807) is 0 Å². The number of hydroxylamine groups is 2. The second-order valence-corrected chi connectivity index (χ2v) is 2.27. The predicted molar refractivity (Wildman–Crippen MR) is 40.9 cm³/mol. The van der Waals surface area contributed by atoms with E-state index in [-0.39, 0.29) is 12.0 Å². The lowest BCUT2D eigenvalue weighted by Gasteiger charge is -2.10. The van der Waals surface area contributed by atoms with Gasteiger partial charge in [-0.25, -0.2) is 10.1 Å². The first-order valence-corrected chi connectivity index (χ1v) is 3.33. The lowest BCUT2D eigenvalue weighted by Crippen LogP contribution is -2.32. The van der Waals surface area contributed by atoms with E-state index in [9.17, 15) is 0 Å². The molecule has 0 fully saturated rings. The average Bonchev–Trinajstić information content (AvgIpc) is 1.87. The minimum Gasteiger partial charge on any atom is -0.368 e. The van der Waals surface area contributed by atoms with Crippen molar-refractivity contribution in [2.45, 2.75) is 26.3 Å². The average molecular weight is 145 g/mol. The number of guanidine groups is 1. The normalized spacial score (nSPS) is 15.0. The van der Waals surface area contributed by atoms with Crippen LogP contribution in [-0.4, -0.2) is 29.3 Å². The van der Waals surface area contributed by atoms with E-state index in [0.29, 0.717) is 0 Å².